The first-order chi connectivity index (χ1) is 8.21. The molecule has 0 N–H and O–H groups in total. The van der Waals surface area contributed by atoms with E-state index in [0.29, 0.717) is 18.5 Å². The number of esters is 1. The number of carbonyl (C=O) groups is 1. The Balaban J connectivity index is 2.66. The minimum absolute atomic E-state index is 0.239. The summed E-state index contributed by atoms with van der Waals surface area (Å²) in [7, 11) is 1.37. The first-order valence-electron chi connectivity index (χ1n) is 5.39. The second-order valence-corrected chi connectivity index (χ2v) is 3.42. The summed E-state index contributed by atoms with van der Waals surface area (Å²) in [5.74, 6) is 0.521. The van der Waals surface area contributed by atoms with Gasteiger partial charge in [0.15, 0.2) is 0 Å². The molecule has 1 heterocycles. The maximum absolute atomic E-state index is 11.1. The third kappa shape index (κ3) is 3.76. The van der Waals surface area contributed by atoms with Crippen LogP contribution in [0.4, 0.5) is 5.82 Å². The molecule has 0 atom stereocenters. The van der Waals surface area contributed by atoms with Crippen molar-refractivity contribution in [2.45, 2.75) is 13.3 Å². The molecule has 1 rings (SSSR count). The highest BCUT2D eigenvalue weighted by atomic mass is 16.5. The SMILES string of the molecule is CCN(CCC(=O)OC)c1ccc(C#N)cn1. The van der Waals surface area contributed by atoms with Gasteiger partial charge in [0.25, 0.3) is 0 Å². The van der Waals surface area contributed by atoms with Crippen LogP contribution in [0.1, 0.15) is 18.9 Å². The number of anilines is 1. The van der Waals surface area contributed by atoms with E-state index in [9.17, 15) is 4.79 Å². The number of aromatic nitrogens is 1. The number of hydrogen-bond donors (Lipinski definition) is 0. The topological polar surface area (TPSA) is 66.2 Å². The smallest absolute Gasteiger partial charge is 0.307 e. The van der Waals surface area contributed by atoms with Gasteiger partial charge in [-0.3, -0.25) is 4.79 Å². The normalized spacial score (nSPS) is 9.47. The van der Waals surface area contributed by atoms with Gasteiger partial charge < -0.3 is 9.64 Å². The number of methoxy groups -OCH3 is 1. The highest BCUT2D eigenvalue weighted by Crippen LogP contribution is 2.11. The number of rotatable bonds is 5. The molecule has 0 spiro atoms. The summed E-state index contributed by atoms with van der Waals surface area (Å²) in [6.45, 7) is 3.29. The quantitative estimate of drug-likeness (QED) is 0.718. The van der Waals surface area contributed by atoms with Crippen molar-refractivity contribution >= 4 is 11.8 Å². The number of carbonyl (C=O) groups excluding carboxylic acids is 1. The highest BCUT2D eigenvalue weighted by Gasteiger charge is 2.08. The molecule has 0 bridgehead atoms. The minimum Gasteiger partial charge on any atom is -0.469 e. The lowest BCUT2D eigenvalue weighted by Gasteiger charge is -2.21. The first kappa shape index (κ1) is 13.0. The van der Waals surface area contributed by atoms with Gasteiger partial charge in [-0.2, -0.15) is 5.26 Å². The van der Waals surface area contributed by atoms with Gasteiger partial charge in [0, 0.05) is 19.3 Å². The number of pyridine rings is 1. The number of hydrogen-bond acceptors (Lipinski definition) is 5. The Kier molecular flexibility index (Phi) is 4.95. The fourth-order valence-corrected chi connectivity index (χ4v) is 1.40. The molecule has 0 saturated carbocycles. The molecule has 0 aliphatic carbocycles. The van der Waals surface area contributed by atoms with Gasteiger partial charge in [-0.15, -0.1) is 0 Å². The lowest BCUT2D eigenvalue weighted by molar-refractivity contribution is -0.140. The molecule has 0 aliphatic rings. The lowest BCUT2D eigenvalue weighted by atomic mass is 10.3. The fraction of sp³-hybridized carbons (Fsp3) is 0.417. The van der Waals surface area contributed by atoms with Crippen LogP contribution in [0.2, 0.25) is 0 Å². The molecule has 5 heteroatoms. The number of nitriles is 1. The second kappa shape index (κ2) is 6.48. The van der Waals surface area contributed by atoms with Crippen LogP contribution in [0.15, 0.2) is 18.3 Å². The molecule has 0 saturated heterocycles. The molecule has 0 amide bonds. The van der Waals surface area contributed by atoms with E-state index in [-0.39, 0.29) is 5.97 Å². The number of nitrogens with zero attached hydrogens (tertiary/aromatic N) is 3. The van der Waals surface area contributed by atoms with E-state index in [1.807, 2.05) is 17.9 Å². The lowest BCUT2D eigenvalue weighted by Crippen LogP contribution is -2.26. The van der Waals surface area contributed by atoms with E-state index >= 15 is 0 Å². The van der Waals surface area contributed by atoms with Crippen molar-refractivity contribution in [3.63, 3.8) is 0 Å². The van der Waals surface area contributed by atoms with Crippen molar-refractivity contribution in [3.8, 4) is 6.07 Å². The molecule has 0 unspecified atom stereocenters. The van der Waals surface area contributed by atoms with E-state index in [1.54, 1.807) is 12.1 Å². The van der Waals surface area contributed by atoms with Crippen LogP contribution in [0, 0.1) is 11.3 Å². The van der Waals surface area contributed by atoms with E-state index in [2.05, 4.69) is 9.72 Å². The molecular formula is C12H15N3O2. The largest absolute Gasteiger partial charge is 0.469 e. The summed E-state index contributed by atoms with van der Waals surface area (Å²) in [4.78, 5) is 17.2. The monoisotopic (exact) mass is 233 g/mol. The Morgan fingerprint density at radius 3 is 2.82 bits per heavy atom. The fourth-order valence-electron chi connectivity index (χ4n) is 1.40. The zero-order valence-corrected chi connectivity index (χ0v) is 10.0. The summed E-state index contributed by atoms with van der Waals surface area (Å²) in [5.41, 5.74) is 0.526. The van der Waals surface area contributed by atoms with Gasteiger partial charge in [-0.05, 0) is 19.1 Å². The van der Waals surface area contributed by atoms with Crippen molar-refractivity contribution in [2.75, 3.05) is 25.1 Å². The Bertz CT molecular complexity index is 409. The zero-order chi connectivity index (χ0) is 12.7. The van der Waals surface area contributed by atoms with Crippen LogP contribution >= 0.6 is 0 Å². The van der Waals surface area contributed by atoms with Crippen LogP contribution in [0.3, 0.4) is 0 Å². The molecular weight excluding hydrogens is 218 g/mol. The Morgan fingerprint density at radius 1 is 1.59 bits per heavy atom. The zero-order valence-electron chi connectivity index (χ0n) is 10.0. The molecule has 1 aromatic heterocycles. The predicted octanol–water partition coefficient (Wildman–Crippen LogP) is 1.34. The summed E-state index contributed by atoms with van der Waals surface area (Å²) in [6.07, 6.45) is 1.85. The molecule has 0 aliphatic heterocycles. The van der Waals surface area contributed by atoms with E-state index < -0.39 is 0 Å². The summed E-state index contributed by atoms with van der Waals surface area (Å²) >= 11 is 0. The van der Waals surface area contributed by atoms with Crippen molar-refractivity contribution in [3.05, 3.63) is 23.9 Å². The van der Waals surface area contributed by atoms with Gasteiger partial charge in [0.1, 0.15) is 11.9 Å². The highest BCUT2D eigenvalue weighted by molar-refractivity contribution is 5.69. The number of ether oxygens (including phenoxy) is 1. The van der Waals surface area contributed by atoms with Gasteiger partial charge in [-0.1, -0.05) is 0 Å². The van der Waals surface area contributed by atoms with E-state index in [0.717, 1.165) is 12.4 Å². The Labute approximate surface area is 101 Å². The molecule has 1 aromatic rings. The van der Waals surface area contributed by atoms with Gasteiger partial charge in [0.2, 0.25) is 0 Å². The summed E-state index contributed by atoms with van der Waals surface area (Å²) in [5, 5.41) is 8.67. The summed E-state index contributed by atoms with van der Waals surface area (Å²) < 4.78 is 4.59. The van der Waals surface area contributed by atoms with Crippen LogP contribution in [0.25, 0.3) is 0 Å². The maximum Gasteiger partial charge on any atom is 0.307 e. The average Bonchev–Trinajstić information content (AvgIpc) is 2.39. The predicted molar refractivity (Wildman–Crippen MR) is 63.5 cm³/mol. The minimum atomic E-state index is -0.239. The summed E-state index contributed by atoms with van der Waals surface area (Å²) in [6, 6.07) is 5.50. The second-order valence-electron chi connectivity index (χ2n) is 3.42. The van der Waals surface area contributed by atoms with Crippen LogP contribution < -0.4 is 4.90 Å². The van der Waals surface area contributed by atoms with Crippen molar-refractivity contribution in [1.82, 2.24) is 4.98 Å². The standard InChI is InChI=1S/C12H15N3O2/c1-3-15(7-6-12(16)17-2)11-5-4-10(8-13)9-14-11/h4-5,9H,3,6-7H2,1-2H3. The first-order valence-corrected chi connectivity index (χ1v) is 5.39. The third-order valence-corrected chi connectivity index (χ3v) is 2.40. The molecule has 17 heavy (non-hydrogen) atoms. The Morgan fingerprint density at radius 2 is 2.35 bits per heavy atom. The maximum atomic E-state index is 11.1. The van der Waals surface area contributed by atoms with Crippen molar-refractivity contribution in [1.29, 1.82) is 5.26 Å². The van der Waals surface area contributed by atoms with E-state index in [4.69, 9.17) is 5.26 Å². The van der Waals surface area contributed by atoms with Gasteiger partial charge in [-0.25, -0.2) is 4.98 Å². The van der Waals surface area contributed by atoms with Gasteiger partial charge in [0.05, 0.1) is 19.1 Å². The molecule has 0 aromatic carbocycles. The van der Waals surface area contributed by atoms with Gasteiger partial charge >= 0.3 is 5.97 Å². The Hall–Kier alpha value is -2.09. The molecule has 0 radical (unpaired) electrons. The van der Waals surface area contributed by atoms with Crippen LogP contribution in [0.5, 0.6) is 0 Å². The van der Waals surface area contributed by atoms with E-state index in [1.165, 1.54) is 13.3 Å². The third-order valence-electron chi connectivity index (χ3n) is 2.40. The molecule has 5 nitrogen and oxygen atoms in total. The molecule has 0 fully saturated rings. The van der Waals surface area contributed by atoms with Crippen molar-refractivity contribution in [2.24, 2.45) is 0 Å². The van der Waals surface area contributed by atoms with Crippen LogP contribution in [-0.2, 0) is 9.53 Å². The average molecular weight is 233 g/mol. The molecule has 90 valence electrons. The van der Waals surface area contributed by atoms with Crippen LogP contribution in [-0.4, -0.2) is 31.2 Å². The van der Waals surface area contributed by atoms with Crippen molar-refractivity contribution < 1.29 is 9.53 Å².